The molecule has 1 N–H and O–H groups in total. The van der Waals surface area contributed by atoms with Crippen LogP contribution in [-0.2, 0) is 16.4 Å². The standard InChI is InChI=1S/C15H15Cl2NO2S/c1-2-21(19,20)15-6-4-3-5-14(15)18-10-11-7-12(16)9-13(17)8-11/h3-9,18H,2,10H2,1H3. The lowest BCUT2D eigenvalue weighted by Crippen LogP contribution is -2.09. The largest absolute Gasteiger partial charge is 0.380 e. The van der Waals surface area contributed by atoms with Crippen molar-refractivity contribution in [3.8, 4) is 0 Å². The minimum atomic E-state index is -3.26. The fraction of sp³-hybridized carbons (Fsp3) is 0.200. The molecule has 0 atom stereocenters. The van der Waals surface area contributed by atoms with Crippen LogP contribution in [0.15, 0.2) is 47.4 Å². The Morgan fingerprint density at radius 1 is 1.05 bits per heavy atom. The van der Waals surface area contributed by atoms with E-state index in [-0.39, 0.29) is 5.75 Å². The van der Waals surface area contributed by atoms with Crippen LogP contribution in [0, 0.1) is 0 Å². The molecule has 0 radical (unpaired) electrons. The highest BCUT2D eigenvalue weighted by atomic mass is 35.5. The maximum atomic E-state index is 12.1. The summed E-state index contributed by atoms with van der Waals surface area (Å²) in [6.45, 7) is 2.07. The normalized spacial score (nSPS) is 11.4. The van der Waals surface area contributed by atoms with E-state index in [1.807, 2.05) is 0 Å². The topological polar surface area (TPSA) is 46.2 Å². The molecule has 0 aliphatic heterocycles. The Morgan fingerprint density at radius 3 is 2.29 bits per heavy atom. The summed E-state index contributed by atoms with van der Waals surface area (Å²) in [5.74, 6) is 0.0642. The highest BCUT2D eigenvalue weighted by Gasteiger charge is 2.15. The fourth-order valence-electron chi connectivity index (χ4n) is 1.95. The molecular formula is C15H15Cl2NO2S. The Hall–Kier alpha value is -1.23. The Balaban J connectivity index is 2.25. The summed E-state index contributed by atoms with van der Waals surface area (Å²) in [7, 11) is -3.26. The number of rotatable bonds is 5. The van der Waals surface area contributed by atoms with E-state index in [0.717, 1.165) is 5.56 Å². The van der Waals surface area contributed by atoms with Gasteiger partial charge in [-0.15, -0.1) is 0 Å². The van der Waals surface area contributed by atoms with E-state index in [0.29, 0.717) is 27.2 Å². The van der Waals surface area contributed by atoms with Crippen molar-refractivity contribution in [3.05, 3.63) is 58.1 Å². The van der Waals surface area contributed by atoms with E-state index in [1.54, 1.807) is 49.4 Å². The van der Waals surface area contributed by atoms with Crippen molar-refractivity contribution >= 4 is 38.7 Å². The monoisotopic (exact) mass is 343 g/mol. The molecule has 112 valence electrons. The van der Waals surface area contributed by atoms with Gasteiger partial charge in [-0.3, -0.25) is 0 Å². The van der Waals surface area contributed by atoms with Gasteiger partial charge in [-0.05, 0) is 35.9 Å². The molecule has 0 saturated carbocycles. The molecule has 0 heterocycles. The molecule has 21 heavy (non-hydrogen) atoms. The van der Waals surface area contributed by atoms with Gasteiger partial charge < -0.3 is 5.32 Å². The maximum absolute atomic E-state index is 12.1. The van der Waals surface area contributed by atoms with Crippen LogP contribution in [-0.4, -0.2) is 14.2 Å². The summed E-state index contributed by atoms with van der Waals surface area (Å²) in [4.78, 5) is 0.306. The Labute approximate surface area is 134 Å². The zero-order valence-electron chi connectivity index (χ0n) is 11.4. The van der Waals surface area contributed by atoms with Gasteiger partial charge in [0, 0.05) is 16.6 Å². The molecule has 0 spiro atoms. The zero-order chi connectivity index (χ0) is 15.5. The molecular weight excluding hydrogens is 329 g/mol. The lowest BCUT2D eigenvalue weighted by molar-refractivity contribution is 0.597. The van der Waals surface area contributed by atoms with Crippen LogP contribution < -0.4 is 5.32 Å². The third-order valence-corrected chi connectivity index (χ3v) is 5.23. The molecule has 0 aromatic heterocycles. The fourth-order valence-corrected chi connectivity index (χ4v) is 3.59. The number of hydrogen-bond acceptors (Lipinski definition) is 3. The third-order valence-electron chi connectivity index (χ3n) is 3.01. The summed E-state index contributed by atoms with van der Waals surface area (Å²) in [5, 5.41) is 4.23. The number of para-hydroxylation sites is 1. The molecule has 0 unspecified atom stereocenters. The number of hydrogen-bond donors (Lipinski definition) is 1. The van der Waals surface area contributed by atoms with Gasteiger partial charge in [0.25, 0.3) is 0 Å². The molecule has 0 saturated heterocycles. The van der Waals surface area contributed by atoms with Gasteiger partial charge in [0.15, 0.2) is 9.84 Å². The molecule has 2 rings (SSSR count). The summed E-state index contributed by atoms with van der Waals surface area (Å²) >= 11 is 11.9. The number of halogens is 2. The van der Waals surface area contributed by atoms with Gasteiger partial charge in [0.05, 0.1) is 16.3 Å². The first kappa shape index (κ1) is 16.1. The molecule has 0 aliphatic rings. The summed E-state index contributed by atoms with van der Waals surface area (Å²) in [6.07, 6.45) is 0. The second-order valence-corrected chi connectivity index (χ2v) is 7.65. The van der Waals surface area contributed by atoms with E-state index in [9.17, 15) is 8.42 Å². The van der Waals surface area contributed by atoms with Gasteiger partial charge >= 0.3 is 0 Å². The van der Waals surface area contributed by atoms with Crippen LogP contribution in [0.2, 0.25) is 10.0 Å². The predicted octanol–water partition coefficient (Wildman–Crippen LogP) is 4.40. The maximum Gasteiger partial charge on any atom is 0.180 e. The third kappa shape index (κ3) is 4.13. The number of nitrogens with one attached hydrogen (secondary N) is 1. The van der Waals surface area contributed by atoms with Gasteiger partial charge in [0.2, 0.25) is 0 Å². The highest BCUT2D eigenvalue weighted by Crippen LogP contribution is 2.24. The Kier molecular flexibility index (Phi) is 5.14. The second kappa shape index (κ2) is 6.69. The smallest absolute Gasteiger partial charge is 0.180 e. The number of benzene rings is 2. The molecule has 2 aromatic rings. The quantitative estimate of drug-likeness (QED) is 0.875. The van der Waals surface area contributed by atoms with Crippen LogP contribution in [0.4, 0.5) is 5.69 Å². The van der Waals surface area contributed by atoms with Gasteiger partial charge in [-0.2, -0.15) is 0 Å². The summed E-state index contributed by atoms with van der Waals surface area (Å²) in [5.41, 5.74) is 1.46. The molecule has 0 fully saturated rings. The Morgan fingerprint density at radius 2 is 1.67 bits per heavy atom. The highest BCUT2D eigenvalue weighted by molar-refractivity contribution is 7.91. The SMILES string of the molecule is CCS(=O)(=O)c1ccccc1NCc1cc(Cl)cc(Cl)c1. The summed E-state index contributed by atoms with van der Waals surface area (Å²) < 4.78 is 24.1. The van der Waals surface area contributed by atoms with Gasteiger partial charge in [0.1, 0.15) is 0 Å². The predicted molar refractivity (Wildman–Crippen MR) is 88.0 cm³/mol. The number of sulfone groups is 1. The second-order valence-electron chi connectivity index (χ2n) is 4.53. The van der Waals surface area contributed by atoms with Crippen molar-refractivity contribution in [3.63, 3.8) is 0 Å². The number of anilines is 1. The first-order valence-corrected chi connectivity index (χ1v) is 8.84. The molecule has 3 nitrogen and oxygen atoms in total. The van der Waals surface area contributed by atoms with Crippen LogP contribution in [0.1, 0.15) is 12.5 Å². The first-order chi connectivity index (χ1) is 9.92. The lowest BCUT2D eigenvalue weighted by Gasteiger charge is -2.12. The average Bonchev–Trinajstić information content (AvgIpc) is 2.44. The first-order valence-electron chi connectivity index (χ1n) is 6.43. The van der Waals surface area contributed by atoms with Crippen LogP contribution in [0.5, 0.6) is 0 Å². The molecule has 0 amide bonds. The lowest BCUT2D eigenvalue weighted by atomic mass is 10.2. The van der Waals surface area contributed by atoms with Crippen molar-refractivity contribution in [2.75, 3.05) is 11.1 Å². The van der Waals surface area contributed by atoms with E-state index in [2.05, 4.69) is 5.32 Å². The Bertz CT molecular complexity index is 725. The van der Waals surface area contributed by atoms with Gasteiger partial charge in [-0.1, -0.05) is 42.3 Å². The van der Waals surface area contributed by atoms with Crippen LogP contribution in [0.25, 0.3) is 0 Å². The van der Waals surface area contributed by atoms with E-state index >= 15 is 0 Å². The van der Waals surface area contributed by atoms with Crippen LogP contribution >= 0.6 is 23.2 Å². The minimum Gasteiger partial charge on any atom is -0.380 e. The minimum absolute atomic E-state index is 0.0642. The van der Waals surface area contributed by atoms with E-state index in [1.165, 1.54) is 0 Å². The molecule has 0 aliphatic carbocycles. The van der Waals surface area contributed by atoms with Crippen molar-refractivity contribution < 1.29 is 8.42 Å². The molecule has 2 aromatic carbocycles. The molecule has 0 bridgehead atoms. The van der Waals surface area contributed by atoms with Crippen molar-refractivity contribution in [2.45, 2.75) is 18.4 Å². The zero-order valence-corrected chi connectivity index (χ0v) is 13.8. The average molecular weight is 344 g/mol. The summed E-state index contributed by atoms with van der Waals surface area (Å²) in [6, 6.07) is 12.1. The van der Waals surface area contributed by atoms with Crippen molar-refractivity contribution in [1.82, 2.24) is 0 Å². The van der Waals surface area contributed by atoms with Gasteiger partial charge in [-0.25, -0.2) is 8.42 Å². The van der Waals surface area contributed by atoms with Crippen molar-refractivity contribution in [1.29, 1.82) is 0 Å². The van der Waals surface area contributed by atoms with Crippen LogP contribution in [0.3, 0.4) is 0 Å². The van der Waals surface area contributed by atoms with E-state index in [4.69, 9.17) is 23.2 Å². The molecule has 6 heteroatoms. The van der Waals surface area contributed by atoms with E-state index < -0.39 is 9.84 Å². The van der Waals surface area contributed by atoms with Crippen molar-refractivity contribution in [2.24, 2.45) is 0 Å².